The van der Waals surface area contributed by atoms with Crippen LogP contribution in [0, 0.1) is 5.82 Å². The topological polar surface area (TPSA) is 58.2 Å². The van der Waals surface area contributed by atoms with Gasteiger partial charge in [0.1, 0.15) is 5.82 Å². The number of halogens is 1. The van der Waals surface area contributed by atoms with Gasteiger partial charge < -0.3 is 0 Å². The van der Waals surface area contributed by atoms with Crippen LogP contribution in [0.2, 0.25) is 0 Å². The third-order valence-electron chi connectivity index (χ3n) is 4.59. The summed E-state index contributed by atoms with van der Waals surface area (Å²) >= 11 is 0. The second kappa shape index (κ2) is 6.83. The third kappa shape index (κ3) is 3.15. The van der Waals surface area contributed by atoms with Crippen molar-refractivity contribution in [2.75, 3.05) is 0 Å². The second-order valence-electron chi connectivity index (χ2n) is 6.07. The molecule has 4 nitrogen and oxygen atoms in total. The Morgan fingerprint density at radius 3 is 2.29 bits per heavy atom. The van der Waals surface area contributed by atoms with Crippen molar-refractivity contribution in [3.63, 3.8) is 0 Å². The predicted molar refractivity (Wildman–Crippen MR) is 88.6 cm³/mol. The first kappa shape index (κ1) is 16.2. The first-order chi connectivity index (χ1) is 11.6. The summed E-state index contributed by atoms with van der Waals surface area (Å²) in [4.78, 5) is 24.8. The molecule has 2 amide bonds. The normalized spacial score (nSPS) is 15.7. The molecule has 0 radical (unpaired) electrons. The third-order valence-corrected chi connectivity index (χ3v) is 4.59. The summed E-state index contributed by atoms with van der Waals surface area (Å²) in [5.74, 6) is -1.04. The van der Waals surface area contributed by atoms with Crippen LogP contribution in [0.25, 0.3) is 0 Å². The van der Waals surface area contributed by atoms with Gasteiger partial charge in [0, 0.05) is 5.56 Å². The molecular formula is C19H19FN2O2. The average Bonchev–Trinajstić information content (AvgIpc) is 3.11. The van der Waals surface area contributed by atoms with Crippen molar-refractivity contribution in [3.8, 4) is 0 Å². The molecule has 1 saturated carbocycles. The Morgan fingerprint density at radius 2 is 1.62 bits per heavy atom. The fourth-order valence-electron chi connectivity index (χ4n) is 3.31. The minimum Gasteiger partial charge on any atom is -0.272 e. The van der Waals surface area contributed by atoms with Gasteiger partial charge in [-0.05, 0) is 42.7 Å². The van der Waals surface area contributed by atoms with E-state index in [1.54, 1.807) is 36.4 Å². The fraction of sp³-hybridized carbons (Fsp3) is 0.263. The molecule has 0 bridgehead atoms. The van der Waals surface area contributed by atoms with Crippen LogP contribution in [0.15, 0.2) is 54.6 Å². The van der Waals surface area contributed by atoms with Crippen molar-refractivity contribution in [2.24, 2.45) is 0 Å². The van der Waals surface area contributed by atoms with Crippen LogP contribution in [-0.4, -0.2) is 11.8 Å². The molecule has 124 valence electrons. The van der Waals surface area contributed by atoms with E-state index in [2.05, 4.69) is 10.9 Å². The lowest BCUT2D eigenvalue weighted by Gasteiger charge is -2.28. The molecule has 2 aromatic rings. The van der Waals surface area contributed by atoms with Crippen molar-refractivity contribution in [1.82, 2.24) is 10.9 Å². The maximum absolute atomic E-state index is 13.6. The Hall–Kier alpha value is -2.69. The number of amides is 2. The van der Waals surface area contributed by atoms with Crippen LogP contribution in [0.4, 0.5) is 4.39 Å². The SMILES string of the molecule is O=C(NNC(=O)C1(c2cccc(F)c2)CCCC1)c1ccccc1. The number of carbonyl (C=O) groups excluding carboxylic acids is 2. The summed E-state index contributed by atoms with van der Waals surface area (Å²) in [5.41, 5.74) is 5.31. The molecule has 5 heteroatoms. The monoisotopic (exact) mass is 326 g/mol. The van der Waals surface area contributed by atoms with E-state index >= 15 is 0 Å². The van der Waals surface area contributed by atoms with E-state index < -0.39 is 5.41 Å². The van der Waals surface area contributed by atoms with E-state index in [0.29, 0.717) is 24.0 Å². The maximum Gasteiger partial charge on any atom is 0.269 e. The summed E-state index contributed by atoms with van der Waals surface area (Å²) in [5, 5.41) is 0. The summed E-state index contributed by atoms with van der Waals surface area (Å²) in [6.07, 6.45) is 3.08. The molecule has 1 aliphatic rings. The number of benzene rings is 2. The van der Waals surface area contributed by atoms with E-state index in [0.717, 1.165) is 12.8 Å². The molecule has 0 aromatic heterocycles. The highest BCUT2D eigenvalue weighted by molar-refractivity contribution is 5.96. The van der Waals surface area contributed by atoms with Crippen LogP contribution in [0.3, 0.4) is 0 Å². The standard InChI is InChI=1S/C19H19FN2O2/c20-16-10-6-9-15(13-16)19(11-4-5-12-19)18(24)22-21-17(23)14-7-2-1-3-8-14/h1-3,6-10,13H,4-5,11-12H2,(H,21,23)(H,22,24). The van der Waals surface area contributed by atoms with E-state index in [1.165, 1.54) is 12.1 Å². The highest BCUT2D eigenvalue weighted by atomic mass is 19.1. The van der Waals surface area contributed by atoms with Gasteiger partial charge in [-0.1, -0.05) is 43.2 Å². The molecule has 0 saturated heterocycles. The number of hydrogen-bond acceptors (Lipinski definition) is 2. The van der Waals surface area contributed by atoms with Gasteiger partial charge in [-0.2, -0.15) is 0 Å². The number of carbonyl (C=O) groups is 2. The maximum atomic E-state index is 13.6. The Morgan fingerprint density at radius 1 is 0.917 bits per heavy atom. The van der Waals surface area contributed by atoms with Crippen molar-refractivity contribution in [2.45, 2.75) is 31.1 Å². The van der Waals surface area contributed by atoms with Gasteiger partial charge in [-0.25, -0.2) is 4.39 Å². The van der Waals surface area contributed by atoms with Crippen LogP contribution in [0.5, 0.6) is 0 Å². The Labute approximate surface area is 140 Å². The Balaban J connectivity index is 1.75. The minimum atomic E-state index is -0.786. The first-order valence-electron chi connectivity index (χ1n) is 8.04. The quantitative estimate of drug-likeness (QED) is 0.852. The molecule has 1 fully saturated rings. The highest BCUT2D eigenvalue weighted by Crippen LogP contribution is 2.41. The molecule has 1 aliphatic carbocycles. The second-order valence-corrected chi connectivity index (χ2v) is 6.07. The van der Waals surface area contributed by atoms with Crippen LogP contribution >= 0.6 is 0 Å². The van der Waals surface area contributed by atoms with Gasteiger partial charge in [-0.3, -0.25) is 20.4 Å². The fourth-order valence-corrected chi connectivity index (χ4v) is 3.31. The van der Waals surface area contributed by atoms with Gasteiger partial charge in [0.05, 0.1) is 5.41 Å². The van der Waals surface area contributed by atoms with Gasteiger partial charge in [-0.15, -0.1) is 0 Å². The molecular weight excluding hydrogens is 307 g/mol. The zero-order chi connectivity index (χ0) is 17.0. The smallest absolute Gasteiger partial charge is 0.269 e. The van der Waals surface area contributed by atoms with E-state index in [4.69, 9.17) is 0 Å². The zero-order valence-electron chi connectivity index (χ0n) is 13.2. The molecule has 2 N–H and O–H groups in total. The molecule has 0 atom stereocenters. The lowest BCUT2D eigenvalue weighted by Crippen LogP contribution is -2.50. The summed E-state index contributed by atoms with van der Waals surface area (Å²) in [7, 11) is 0. The molecule has 2 aromatic carbocycles. The summed E-state index contributed by atoms with van der Waals surface area (Å²) < 4.78 is 13.6. The summed E-state index contributed by atoms with van der Waals surface area (Å²) in [6.45, 7) is 0. The molecule has 0 unspecified atom stereocenters. The zero-order valence-corrected chi connectivity index (χ0v) is 13.2. The Bertz CT molecular complexity index is 740. The molecule has 0 spiro atoms. The number of nitrogens with one attached hydrogen (secondary N) is 2. The minimum absolute atomic E-state index is 0.296. The number of hydrazine groups is 1. The van der Waals surface area contributed by atoms with E-state index in [1.807, 2.05) is 6.07 Å². The number of rotatable bonds is 3. The van der Waals surface area contributed by atoms with E-state index in [-0.39, 0.29) is 17.6 Å². The highest BCUT2D eigenvalue weighted by Gasteiger charge is 2.43. The van der Waals surface area contributed by atoms with Crippen molar-refractivity contribution >= 4 is 11.8 Å². The first-order valence-corrected chi connectivity index (χ1v) is 8.04. The largest absolute Gasteiger partial charge is 0.272 e. The number of hydrogen-bond donors (Lipinski definition) is 2. The van der Waals surface area contributed by atoms with E-state index in [9.17, 15) is 14.0 Å². The molecule has 0 aliphatic heterocycles. The van der Waals surface area contributed by atoms with Crippen molar-refractivity contribution in [3.05, 3.63) is 71.5 Å². The molecule has 0 heterocycles. The molecule has 3 rings (SSSR count). The Kier molecular flexibility index (Phi) is 4.60. The van der Waals surface area contributed by atoms with Crippen LogP contribution in [-0.2, 0) is 10.2 Å². The van der Waals surface area contributed by atoms with Gasteiger partial charge >= 0.3 is 0 Å². The average molecular weight is 326 g/mol. The van der Waals surface area contributed by atoms with Crippen molar-refractivity contribution < 1.29 is 14.0 Å². The van der Waals surface area contributed by atoms with Gasteiger partial charge in [0.2, 0.25) is 5.91 Å². The predicted octanol–water partition coefficient (Wildman–Crippen LogP) is 3.10. The van der Waals surface area contributed by atoms with Gasteiger partial charge in [0.15, 0.2) is 0 Å². The van der Waals surface area contributed by atoms with Crippen LogP contribution < -0.4 is 10.9 Å². The lowest BCUT2D eigenvalue weighted by molar-refractivity contribution is -0.127. The lowest BCUT2D eigenvalue weighted by atomic mass is 9.78. The summed E-state index contributed by atoms with van der Waals surface area (Å²) in [6, 6.07) is 14.8. The van der Waals surface area contributed by atoms with Gasteiger partial charge in [0.25, 0.3) is 5.91 Å². The van der Waals surface area contributed by atoms with Crippen molar-refractivity contribution in [1.29, 1.82) is 0 Å². The van der Waals surface area contributed by atoms with Crippen LogP contribution in [0.1, 0.15) is 41.6 Å². The molecule has 24 heavy (non-hydrogen) atoms.